The number of carbonyl (C=O) groups excluding carboxylic acids is 1. The molecule has 2 rings (SSSR count). The van der Waals surface area contributed by atoms with Gasteiger partial charge in [0.25, 0.3) is 0 Å². The van der Waals surface area contributed by atoms with E-state index in [0.717, 1.165) is 43.0 Å². The zero-order valence-corrected chi connectivity index (χ0v) is 16.0. The summed E-state index contributed by atoms with van der Waals surface area (Å²) in [4.78, 5) is 14.7. The number of piperidine rings is 1. The van der Waals surface area contributed by atoms with Gasteiger partial charge in [0.15, 0.2) is 11.5 Å². The van der Waals surface area contributed by atoms with Crippen LogP contribution >= 0.6 is 0 Å². The second-order valence-corrected chi connectivity index (χ2v) is 6.81. The Labute approximate surface area is 151 Å². The summed E-state index contributed by atoms with van der Waals surface area (Å²) < 4.78 is 11.3. The Balaban J connectivity index is 1.93. The molecular weight excluding hydrogens is 316 g/mol. The van der Waals surface area contributed by atoms with E-state index in [1.165, 1.54) is 0 Å². The van der Waals surface area contributed by atoms with Crippen LogP contribution in [0.1, 0.15) is 51.6 Å². The van der Waals surface area contributed by atoms with Crippen LogP contribution in [0.25, 0.3) is 0 Å². The smallest absolute Gasteiger partial charge is 0.220 e. The molecule has 1 saturated heterocycles. The molecule has 1 aliphatic heterocycles. The maximum absolute atomic E-state index is 12.4. The van der Waals surface area contributed by atoms with Crippen molar-refractivity contribution in [1.82, 2.24) is 10.2 Å². The fraction of sp³-hybridized carbons (Fsp3) is 0.650. The van der Waals surface area contributed by atoms with Gasteiger partial charge in [-0.3, -0.25) is 4.79 Å². The third-order valence-electron chi connectivity index (χ3n) is 4.76. The SMILES string of the molecule is CCOc1ccc(C(C)NC(=O)CC2CCN(C)CC2)cc1OCC. The molecule has 1 unspecified atom stereocenters. The predicted octanol–water partition coefficient (Wildman–Crippen LogP) is 3.39. The van der Waals surface area contributed by atoms with Crippen LogP contribution in [0, 0.1) is 5.92 Å². The molecule has 25 heavy (non-hydrogen) atoms. The summed E-state index contributed by atoms with van der Waals surface area (Å²) in [7, 11) is 2.14. The Morgan fingerprint density at radius 2 is 1.84 bits per heavy atom. The number of benzene rings is 1. The number of amides is 1. The molecule has 1 fully saturated rings. The van der Waals surface area contributed by atoms with Crippen LogP contribution in [0.5, 0.6) is 11.5 Å². The van der Waals surface area contributed by atoms with Gasteiger partial charge in [0.2, 0.25) is 5.91 Å². The average molecular weight is 348 g/mol. The van der Waals surface area contributed by atoms with E-state index >= 15 is 0 Å². The highest BCUT2D eigenvalue weighted by Crippen LogP contribution is 2.31. The molecule has 0 spiro atoms. The van der Waals surface area contributed by atoms with Gasteiger partial charge in [0.05, 0.1) is 19.3 Å². The average Bonchev–Trinajstić information content (AvgIpc) is 2.59. The van der Waals surface area contributed by atoms with E-state index in [2.05, 4.69) is 17.3 Å². The second-order valence-electron chi connectivity index (χ2n) is 6.81. The zero-order chi connectivity index (χ0) is 18.2. The first kappa shape index (κ1) is 19.6. The molecule has 5 nitrogen and oxygen atoms in total. The van der Waals surface area contributed by atoms with Crippen molar-refractivity contribution >= 4 is 5.91 Å². The Hall–Kier alpha value is -1.75. The third kappa shape index (κ3) is 5.92. The van der Waals surface area contributed by atoms with Crippen molar-refractivity contribution in [3.05, 3.63) is 23.8 Å². The van der Waals surface area contributed by atoms with Crippen LogP contribution in [0.15, 0.2) is 18.2 Å². The molecule has 0 radical (unpaired) electrons. The first-order valence-electron chi connectivity index (χ1n) is 9.40. The summed E-state index contributed by atoms with van der Waals surface area (Å²) in [5.74, 6) is 2.12. The highest BCUT2D eigenvalue weighted by Gasteiger charge is 2.21. The van der Waals surface area contributed by atoms with Crippen molar-refractivity contribution in [2.24, 2.45) is 5.92 Å². The van der Waals surface area contributed by atoms with Gasteiger partial charge in [0, 0.05) is 6.42 Å². The van der Waals surface area contributed by atoms with Gasteiger partial charge < -0.3 is 19.7 Å². The number of carbonyl (C=O) groups is 1. The standard InChI is InChI=1S/C20H32N2O3/c1-5-24-18-8-7-17(14-19(18)25-6-2)15(3)21-20(23)13-16-9-11-22(4)12-10-16/h7-8,14-16H,5-6,9-13H2,1-4H3,(H,21,23). The molecule has 1 amide bonds. The molecule has 5 heteroatoms. The minimum Gasteiger partial charge on any atom is -0.490 e. The summed E-state index contributed by atoms with van der Waals surface area (Å²) in [6, 6.07) is 5.83. The molecule has 1 heterocycles. The highest BCUT2D eigenvalue weighted by molar-refractivity contribution is 5.76. The van der Waals surface area contributed by atoms with Crippen LogP contribution < -0.4 is 14.8 Å². The molecule has 1 aliphatic rings. The van der Waals surface area contributed by atoms with Gasteiger partial charge in [-0.15, -0.1) is 0 Å². The highest BCUT2D eigenvalue weighted by atomic mass is 16.5. The van der Waals surface area contributed by atoms with Crippen molar-refractivity contribution in [1.29, 1.82) is 0 Å². The molecule has 140 valence electrons. The molecule has 0 saturated carbocycles. The van der Waals surface area contributed by atoms with Crippen molar-refractivity contribution in [3.63, 3.8) is 0 Å². The van der Waals surface area contributed by atoms with E-state index in [4.69, 9.17) is 9.47 Å². The maximum Gasteiger partial charge on any atom is 0.220 e. The van der Waals surface area contributed by atoms with Gasteiger partial charge >= 0.3 is 0 Å². The predicted molar refractivity (Wildman–Crippen MR) is 100 cm³/mol. The number of rotatable bonds is 8. The van der Waals surface area contributed by atoms with Crippen molar-refractivity contribution < 1.29 is 14.3 Å². The number of hydrogen-bond acceptors (Lipinski definition) is 4. The van der Waals surface area contributed by atoms with E-state index in [9.17, 15) is 4.79 Å². The van der Waals surface area contributed by atoms with E-state index < -0.39 is 0 Å². The van der Waals surface area contributed by atoms with Gasteiger partial charge in [-0.05, 0) is 77.4 Å². The van der Waals surface area contributed by atoms with Crippen LogP contribution in [-0.2, 0) is 4.79 Å². The lowest BCUT2D eigenvalue weighted by molar-refractivity contribution is -0.123. The Morgan fingerprint density at radius 1 is 1.20 bits per heavy atom. The van der Waals surface area contributed by atoms with Crippen LogP contribution in [0.3, 0.4) is 0 Å². The molecule has 1 aromatic carbocycles. The van der Waals surface area contributed by atoms with Gasteiger partial charge in [-0.2, -0.15) is 0 Å². The number of likely N-dealkylation sites (tertiary alicyclic amines) is 1. The Morgan fingerprint density at radius 3 is 2.48 bits per heavy atom. The molecule has 1 N–H and O–H groups in total. The third-order valence-corrected chi connectivity index (χ3v) is 4.76. The maximum atomic E-state index is 12.4. The van der Waals surface area contributed by atoms with Gasteiger partial charge in [-0.25, -0.2) is 0 Å². The monoisotopic (exact) mass is 348 g/mol. The lowest BCUT2D eigenvalue weighted by atomic mass is 9.93. The van der Waals surface area contributed by atoms with Crippen molar-refractivity contribution in [2.75, 3.05) is 33.4 Å². The molecule has 0 bridgehead atoms. The summed E-state index contributed by atoms with van der Waals surface area (Å²) in [5.41, 5.74) is 1.03. The normalized spacial score (nSPS) is 17.1. The molecule has 1 atom stereocenters. The van der Waals surface area contributed by atoms with Crippen LogP contribution in [-0.4, -0.2) is 44.2 Å². The van der Waals surface area contributed by atoms with E-state index in [0.29, 0.717) is 25.6 Å². The van der Waals surface area contributed by atoms with Crippen molar-refractivity contribution in [3.8, 4) is 11.5 Å². The first-order valence-corrected chi connectivity index (χ1v) is 9.40. The number of hydrogen-bond donors (Lipinski definition) is 1. The quantitative estimate of drug-likeness (QED) is 0.782. The largest absolute Gasteiger partial charge is 0.490 e. The molecule has 1 aromatic rings. The zero-order valence-electron chi connectivity index (χ0n) is 16.0. The van der Waals surface area contributed by atoms with E-state index in [1.807, 2.05) is 39.0 Å². The van der Waals surface area contributed by atoms with Gasteiger partial charge in [0.1, 0.15) is 0 Å². The lowest BCUT2D eigenvalue weighted by Crippen LogP contribution is -2.34. The molecular formula is C20H32N2O3. The Bertz CT molecular complexity index is 554. The molecule has 0 aromatic heterocycles. The topological polar surface area (TPSA) is 50.8 Å². The van der Waals surface area contributed by atoms with E-state index in [1.54, 1.807) is 0 Å². The Kier molecular flexibility index (Phi) is 7.56. The number of nitrogens with zero attached hydrogens (tertiary/aromatic N) is 1. The summed E-state index contributed by atoms with van der Waals surface area (Å²) in [5, 5.41) is 3.13. The van der Waals surface area contributed by atoms with Crippen molar-refractivity contribution in [2.45, 2.75) is 46.1 Å². The number of nitrogens with one attached hydrogen (secondary N) is 1. The van der Waals surface area contributed by atoms with Crippen LogP contribution in [0.4, 0.5) is 0 Å². The number of ether oxygens (including phenoxy) is 2. The lowest BCUT2D eigenvalue weighted by Gasteiger charge is -2.28. The summed E-state index contributed by atoms with van der Waals surface area (Å²) >= 11 is 0. The minimum absolute atomic E-state index is 0.0475. The van der Waals surface area contributed by atoms with Crippen LogP contribution in [0.2, 0.25) is 0 Å². The fourth-order valence-electron chi connectivity index (χ4n) is 3.25. The van der Waals surface area contributed by atoms with E-state index in [-0.39, 0.29) is 11.9 Å². The summed E-state index contributed by atoms with van der Waals surface area (Å²) in [6.45, 7) is 9.28. The summed E-state index contributed by atoms with van der Waals surface area (Å²) in [6.07, 6.45) is 2.83. The first-order chi connectivity index (χ1) is 12.0. The minimum atomic E-state index is -0.0475. The second kappa shape index (κ2) is 9.66. The van der Waals surface area contributed by atoms with Gasteiger partial charge in [-0.1, -0.05) is 6.07 Å². The fourth-order valence-corrected chi connectivity index (χ4v) is 3.25. The molecule has 0 aliphatic carbocycles.